The third-order valence-corrected chi connectivity index (χ3v) is 4.28. The number of alkyl halides is 3. The first-order chi connectivity index (χ1) is 11.9. The Bertz CT molecular complexity index is 739. The molecule has 134 valence electrons. The van der Waals surface area contributed by atoms with Gasteiger partial charge in [-0.25, -0.2) is 0 Å². The van der Waals surface area contributed by atoms with Crippen molar-refractivity contribution < 1.29 is 22.5 Å². The number of hydrogen-bond acceptors (Lipinski definition) is 4. The van der Waals surface area contributed by atoms with Crippen LogP contribution in [-0.4, -0.2) is 22.6 Å². The van der Waals surface area contributed by atoms with E-state index in [4.69, 9.17) is 4.52 Å². The number of halogens is 3. The number of benzene rings is 1. The van der Waals surface area contributed by atoms with Crippen LogP contribution in [0.3, 0.4) is 0 Å². The quantitative estimate of drug-likeness (QED) is 0.866. The normalized spacial score (nSPS) is 15.0. The van der Waals surface area contributed by atoms with Gasteiger partial charge in [0, 0.05) is 18.9 Å². The summed E-state index contributed by atoms with van der Waals surface area (Å²) in [6, 6.07) is 5.08. The number of nitrogens with zero attached hydrogens (tertiary/aromatic N) is 2. The van der Waals surface area contributed by atoms with Crippen molar-refractivity contribution >= 4 is 5.91 Å². The lowest BCUT2D eigenvalue weighted by Gasteiger charge is -2.20. The van der Waals surface area contributed by atoms with E-state index >= 15 is 0 Å². The van der Waals surface area contributed by atoms with Crippen molar-refractivity contribution in [1.82, 2.24) is 15.5 Å². The van der Waals surface area contributed by atoms with Gasteiger partial charge in [-0.3, -0.25) is 4.79 Å². The monoisotopic (exact) mass is 353 g/mol. The average Bonchev–Trinajstić information content (AvgIpc) is 2.93. The summed E-state index contributed by atoms with van der Waals surface area (Å²) in [7, 11) is 0. The molecule has 3 rings (SSSR count). The van der Waals surface area contributed by atoms with Crippen molar-refractivity contribution in [1.29, 1.82) is 0 Å². The molecule has 1 heterocycles. The second-order valence-corrected chi connectivity index (χ2v) is 6.11. The smallest absolute Gasteiger partial charge is 0.355 e. The molecule has 0 spiro atoms. The fourth-order valence-electron chi connectivity index (χ4n) is 2.69. The van der Waals surface area contributed by atoms with Crippen LogP contribution in [-0.2, 0) is 23.8 Å². The molecule has 0 unspecified atom stereocenters. The van der Waals surface area contributed by atoms with Gasteiger partial charge in [-0.1, -0.05) is 29.8 Å². The zero-order chi connectivity index (χ0) is 17.9. The number of hydrogen-bond donors (Lipinski definition) is 1. The number of aromatic nitrogens is 2. The average molecular weight is 353 g/mol. The van der Waals surface area contributed by atoms with Crippen LogP contribution in [0.2, 0.25) is 0 Å². The Morgan fingerprint density at radius 3 is 2.72 bits per heavy atom. The molecule has 1 fully saturated rings. The Morgan fingerprint density at radius 2 is 2.04 bits per heavy atom. The second kappa shape index (κ2) is 7.25. The van der Waals surface area contributed by atoms with Gasteiger partial charge in [0.15, 0.2) is 5.82 Å². The molecule has 2 aromatic rings. The van der Waals surface area contributed by atoms with Gasteiger partial charge in [0.2, 0.25) is 11.8 Å². The fourth-order valence-corrected chi connectivity index (χ4v) is 2.69. The van der Waals surface area contributed by atoms with E-state index in [1.807, 2.05) is 0 Å². The van der Waals surface area contributed by atoms with E-state index in [1.54, 1.807) is 0 Å². The minimum atomic E-state index is -4.47. The molecule has 1 saturated carbocycles. The Morgan fingerprint density at radius 1 is 1.28 bits per heavy atom. The van der Waals surface area contributed by atoms with E-state index in [0.29, 0.717) is 24.1 Å². The molecule has 1 aromatic carbocycles. The molecular weight excluding hydrogens is 335 g/mol. The maximum absolute atomic E-state index is 12.9. The highest BCUT2D eigenvalue weighted by Gasteiger charge is 2.33. The lowest BCUT2D eigenvalue weighted by atomic mass is 9.85. The second-order valence-electron chi connectivity index (χ2n) is 6.11. The van der Waals surface area contributed by atoms with Gasteiger partial charge in [-0.05, 0) is 24.5 Å². The van der Waals surface area contributed by atoms with Crippen molar-refractivity contribution in [3.05, 3.63) is 47.1 Å². The van der Waals surface area contributed by atoms with E-state index in [-0.39, 0.29) is 18.5 Å². The predicted molar refractivity (Wildman–Crippen MR) is 82.8 cm³/mol. The topological polar surface area (TPSA) is 68.0 Å². The summed E-state index contributed by atoms with van der Waals surface area (Å²) in [4.78, 5) is 16.2. The summed E-state index contributed by atoms with van der Waals surface area (Å²) in [5.74, 6) is 0.999. The van der Waals surface area contributed by atoms with Crippen LogP contribution in [0.25, 0.3) is 0 Å². The predicted octanol–water partition coefficient (Wildman–Crippen LogP) is 3.26. The van der Waals surface area contributed by atoms with E-state index in [9.17, 15) is 18.0 Å². The van der Waals surface area contributed by atoms with Crippen molar-refractivity contribution in [2.75, 3.05) is 6.54 Å². The van der Waals surface area contributed by atoms with Gasteiger partial charge < -0.3 is 9.84 Å². The van der Waals surface area contributed by atoms with Crippen LogP contribution in [0.5, 0.6) is 0 Å². The third-order valence-electron chi connectivity index (χ3n) is 4.28. The Hall–Kier alpha value is -2.38. The van der Waals surface area contributed by atoms with E-state index < -0.39 is 17.6 Å². The summed E-state index contributed by atoms with van der Waals surface area (Å²) in [5, 5.41) is 6.46. The minimum absolute atomic E-state index is 0.0423. The highest BCUT2D eigenvalue weighted by molar-refractivity contribution is 5.79. The summed E-state index contributed by atoms with van der Waals surface area (Å²) in [6.45, 7) is 0.247. The van der Waals surface area contributed by atoms with Crippen LogP contribution in [0.1, 0.15) is 48.0 Å². The number of carbonyl (C=O) groups is 1. The molecule has 5 nitrogen and oxygen atoms in total. The molecule has 25 heavy (non-hydrogen) atoms. The van der Waals surface area contributed by atoms with Gasteiger partial charge in [-0.2, -0.15) is 18.2 Å². The first-order valence-corrected chi connectivity index (χ1v) is 8.18. The van der Waals surface area contributed by atoms with Crippen molar-refractivity contribution in [2.45, 2.75) is 44.2 Å². The lowest BCUT2D eigenvalue weighted by Crippen LogP contribution is -2.28. The minimum Gasteiger partial charge on any atom is -0.355 e. The van der Waals surface area contributed by atoms with Crippen molar-refractivity contribution in [3.63, 3.8) is 0 Å². The van der Waals surface area contributed by atoms with E-state index in [0.717, 1.165) is 25.3 Å². The zero-order valence-corrected chi connectivity index (χ0v) is 13.5. The van der Waals surface area contributed by atoms with E-state index in [1.165, 1.54) is 18.2 Å². The highest BCUT2D eigenvalue weighted by atomic mass is 19.4. The Labute approximate surface area is 142 Å². The van der Waals surface area contributed by atoms with Crippen LogP contribution < -0.4 is 5.32 Å². The molecule has 1 aromatic heterocycles. The molecule has 1 amide bonds. The molecule has 1 N–H and O–H groups in total. The number of nitrogens with one attached hydrogen (secondary N) is 1. The lowest BCUT2D eigenvalue weighted by molar-refractivity contribution is -0.138. The van der Waals surface area contributed by atoms with E-state index in [2.05, 4.69) is 15.5 Å². The molecular formula is C17H18F3N3O2. The number of carbonyl (C=O) groups excluding carboxylic acids is 1. The van der Waals surface area contributed by atoms with Gasteiger partial charge >= 0.3 is 6.18 Å². The molecule has 0 aliphatic heterocycles. The molecule has 1 aliphatic carbocycles. The maximum Gasteiger partial charge on any atom is 0.416 e. The standard InChI is InChI=1S/C17H18F3N3O2/c18-17(19,20)13-7-2-1-4-12(13)10-15(24)21-9-8-14-22-16(25-23-14)11-5-3-6-11/h1-2,4,7,11H,3,5-6,8-10H2,(H,21,24). The SMILES string of the molecule is O=C(Cc1ccccc1C(F)(F)F)NCCc1noc(C2CCC2)n1. The first kappa shape index (κ1) is 17.4. The zero-order valence-electron chi connectivity index (χ0n) is 13.5. The first-order valence-electron chi connectivity index (χ1n) is 8.18. The van der Waals surface area contributed by atoms with Gasteiger partial charge in [-0.15, -0.1) is 0 Å². The molecule has 0 saturated heterocycles. The van der Waals surface area contributed by atoms with Gasteiger partial charge in [0.05, 0.1) is 12.0 Å². The van der Waals surface area contributed by atoms with Crippen molar-refractivity contribution in [3.8, 4) is 0 Å². The third kappa shape index (κ3) is 4.37. The Balaban J connectivity index is 1.49. The summed E-state index contributed by atoms with van der Waals surface area (Å²) >= 11 is 0. The maximum atomic E-state index is 12.9. The van der Waals surface area contributed by atoms with Crippen LogP contribution in [0.4, 0.5) is 13.2 Å². The number of amides is 1. The van der Waals surface area contributed by atoms with Crippen LogP contribution in [0.15, 0.2) is 28.8 Å². The molecule has 8 heteroatoms. The van der Waals surface area contributed by atoms with Crippen molar-refractivity contribution in [2.24, 2.45) is 0 Å². The Kier molecular flexibility index (Phi) is 5.06. The van der Waals surface area contributed by atoms with Gasteiger partial charge in [0.25, 0.3) is 0 Å². The van der Waals surface area contributed by atoms with Crippen LogP contribution >= 0.6 is 0 Å². The molecule has 1 aliphatic rings. The summed E-state index contributed by atoms with van der Waals surface area (Å²) < 4.78 is 43.9. The molecule has 0 bridgehead atoms. The fraction of sp³-hybridized carbons (Fsp3) is 0.471. The number of rotatable bonds is 6. The van der Waals surface area contributed by atoms with Crippen LogP contribution in [0, 0.1) is 0 Å². The molecule has 0 radical (unpaired) electrons. The molecule has 0 atom stereocenters. The summed E-state index contributed by atoms with van der Waals surface area (Å²) in [6.07, 6.45) is -1.15. The summed E-state index contributed by atoms with van der Waals surface area (Å²) in [5.41, 5.74) is -0.826. The largest absolute Gasteiger partial charge is 0.416 e. The van der Waals surface area contributed by atoms with Gasteiger partial charge in [0.1, 0.15) is 0 Å². The highest BCUT2D eigenvalue weighted by Crippen LogP contribution is 2.35.